The van der Waals surface area contributed by atoms with Crippen molar-refractivity contribution in [2.75, 3.05) is 26.7 Å². The molecule has 0 heterocycles. The highest BCUT2D eigenvalue weighted by Crippen LogP contribution is 2.29. The van der Waals surface area contributed by atoms with Crippen molar-refractivity contribution >= 4 is 6.03 Å². The Kier molecular flexibility index (Phi) is 6.34. The molecule has 1 saturated carbocycles. The quantitative estimate of drug-likeness (QED) is 0.773. The maximum atomic E-state index is 11.6. The summed E-state index contributed by atoms with van der Waals surface area (Å²) >= 11 is 0. The van der Waals surface area contributed by atoms with Gasteiger partial charge in [0.15, 0.2) is 0 Å². The van der Waals surface area contributed by atoms with E-state index >= 15 is 0 Å². The van der Waals surface area contributed by atoms with Crippen LogP contribution in [0.25, 0.3) is 0 Å². The van der Waals surface area contributed by atoms with Crippen LogP contribution < -0.4 is 5.32 Å². The molecule has 0 atom stereocenters. The number of carbonyl (C=O) groups excluding carboxylic acids is 1. The van der Waals surface area contributed by atoms with Crippen molar-refractivity contribution in [3.8, 4) is 0 Å². The fourth-order valence-corrected chi connectivity index (χ4v) is 2.46. The van der Waals surface area contributed by atoms with Gasteiger partial charge in [-0.2, -0.15) is 0 Å². The lowest BCUT2D eigenvalue weighted by Gasteiger charge is -2.28. The highest BCUT2D eigenvalue weighted by atomic mass is 16.3. The average Bonchev–Trinajstić information content (AvgIpc) is 2.36. The second-order valence-electron chi connectivity index (χ2n) is 5.13. The van der Waals surface area contributed by atoms with Crippen LogP contribution in [0.2, 0.25) is 0 Å². The van der Waals surface area contributed by atoms with Crippen molar-refractivity contribution in [3.63, 3.8) is 0 Å². The van der Waals surface area contributed by atoms with Gasteiger partial charge in [-0.25, -0.2) is 4.79 Å². The van der Waals surface area contributed by atoms with Crippen LogP contribution in [0.5, 0.6) is 0 Å². The second-order valence-corrected chi connectivity index (χ2v) is 5.13. The maximum absolute atomic E-state index is 11.6. The summed E-state index contributed by atoms with van der Waals surface area (Å²) in [5.74, 6) is 1.54. The van der Waals surface area contributed by atoms with Gasteiger partial charge in [-0.1, -0.05) is 26.2 Å². The molecule has 0 bridgehead atoms. The molecule has 0 aromatic heterocycles. The van der Waals surface area contributed by atoms with E-state index in [1.807, 2.05) is 0 Å². The number of likely N-dealkylation sites (N-methyl/N-ethyl adjacent to an activating group) is 1. The summed E-state index contributed by atoms with van der Waals surface area (Å²) in [5, 5.41) is 11.7. The minimum Gasteiger partial charge on any atom is -0.395 e. The van der Waals surface area contributed by atoms with Gasteiger partial charge in [0.1, 0.15) is 0 Å². The van der Waals surface area contributed by atoms with E-state index in [-0.39, 0.29) is 12.6 Å². The van der Waals surface area contributed by atoms with Gasteiger partial charge in [-0.15, -0.1) is 0 Å². The van der Waals surface area contributed by atoms with Crippen LogP contribution in [-0.4, -0.2) is 42.8 Å². The predicted octanol–water partition coefficient (Wildman–Crippen LogP) is 1.84. The van der Waals surface area contributed by atoms with Crippen molar-refractivity contribution in [1.82, 2.24) is 10.2 Å². The van der Waals surface area contributed by atoms with Gasteiger partial charge in [-0.05, 0) is 24.7 Å². The first-order valence-corrected chi connectivity index (χ1v) is 6.77. The van der Waals surface area contributed by atoms with Gasteiger partial charge in [0.2, 0.25) is 0 Å². The van der Waals surface area contributed by atoms with Gasteiger partial charge >= 0.3 is 6.03 Å². The van der Waals surface area contributed by atoms with E-state index in [4.69, 9.17) is 5.11 Å². The summed E-state index contributed by atoms with van der Waals surface area (Å²) < 4.78 is 0. The smallest absolute Gasteiger partial charge is 0.317 e. The first kappa shape index (κ1) is 14.3. The van der Waals surface area contributed by atoms with Crippen molar-refractivity contribution in [2.45, 2.75) is 39.0 Å². The molecule has 0 radical (unpaired) electrons. The summed E-state index contributed by atoms with van der Waals surface area (Å²) in [7, 11) is 1.71. The van der Waals surface area contributed by atoms with Gasteiger partial charge in [0, 0.05) is 20.1 Å². The number of hydrogen-bond acceptors (Lipinski definition) is 2. The van der Waals surface area contributed by atoms with Crippen LogP contribution in [0, 0.1) is 11.8 Å². The molecule has 1 aliphatic carbocycles. The third-order valence-electron chi connectivity index (χ3n) is 3.87. The van der Waals surface area contributed by atoms with E-state index in [9.17, 15) is 4.79 Å². The number of rotatable bonds is 5. The molecular weight excluding hydrogens is 216 g/mol. The third-order valence-corrected chi connectivity index (χ3v) is 3.87. The Hall–Kier alpha value is -0.770. The van der Waals surface area contributed by atoms with Gasteiger partial charge < -0.3 is 15.3 Å². The van der Waals surface area contributed by atoms with Gasteiger partial charge in [0.05, 0.1) is 6.61 Å². The molecular formula is C13H26N2O2. The van der Waals surface area contributed by atoms with Crippen molar-refractivity contribution in [1.29, 1.82) is 0 Å². The topological polar surface area (TPSA) is 52.6 Å². The number of aliphatic hydroxyl groups excluding tert-OH is 1. The maximum Gasteiger partial charge on any atom is 0.317 e. The normalized spacial score (nSPS) is 24.4. The molecule has 4 heteroatoms. The van der Waals surface area contributed by atoms with Crippen LogP contribution >= 0.6 is 0 Å². The SMILES string of the molecule is CCC1CCC(CNC(=O)N(C)CCO)CC1. The highest BCUT2D eigenvalue weighted by molar-refractivity contribution is 5.73. The fourth-order valence-electron chi connectivity index (χ4n) is 2.46. The van der Waals surface area contributed by atoms with Crippen LogP contribution in [0.15, 0.2) is 0 Å². The van der Waals surface area contributed by atoms with Crippen LogP contribution in [0.3, 0.4) is 0 Å². The third kappa shape index (κ3) is 4.94. The van der Waals surface area contributed by atoms with Gasteiger partial charge in [0.25, 0.3) is 0 Å². The number of nitrogens with one attached hydrogen (secondary N) is 1. The lowest BCUT2D eigenvalue weighted by molar-refractivity contribution is 0.185. The number of carbonyl (C=O) groups is 1. The Morgan fingerprint density at radius 2 is 1.88 bits per heavy atom. The molecule has 1 aliphatic rings. The van der Waals surface area contributed by atoms with E-state index < -0.39 is 0 Å². The molecule has 0 aliphatic heterocycles. The van der Waals surface area contributed by atoms with E-state index in [0.29, 0.717) is 12.5 Å². The lowest BCUT2D eigenvalue weighted by atomic mass is 9.81. The zero-order chi connectivity index (χ0) is 12.7. The zero-order valence-electron chi connectivity index (χ0n) is 11.1. The highest BCUT2D eigenvalue weighted by Gasteiger charge is 2.20. The summed E-state index contributed by atoms with van der Waals surface area (Å²) in [6, 6.07) is -0.0725. The first-order chi connectivity index (χ1) is 8.17. The molecule has 100 valence electrons. The molecule has 0 saturated heterocycles. The van der Waals surface area contributed by atoms with Crippen molar-refractivity contribution in [3.05, 3.63) is 0 Å². The van der Waals surface area contributed by atoms with E-state index in [1.165, 1.54) is 37.0 Å². The molecule has 0 unspecified atom stereocenters. The number of nitrogens with zero attached hydrogens (tertiary/aromatic N) is 1. The Labute approximate surface area is 104 Å². The molecule has 4 nitrogen and oxygen atoms in total. The van der Waals surface area contributed by atoms with Crippen LogP contribution in [0.1, 0.15) is 39.0 Å². The summed E-state index contributed by atoms with van der Waals surface area (Å²) in [5.41, 5.74) is 0. The van der Waals surface area contributed by atoms with E-state index in [2.05, 4.69) is 12.2 Å². The average molecular weight is 242 g/mol. The Morgan fingerprint density at radius 3 is 2.41 bits per heavy atom. The standard InChI is InChI=1S/C13H26N2O2/c1-3-11-4-6-12(7-5-11)10-14-13(17)15(2)8-9-16/h11-12,16H,3-10H2,1-2H3,(H,14,17). The molecule has 1 rings (SSSR count). The largest absolute Gasteiger partial charge is 0.395 e. The number of urea groups is 1. The number of aliphatic hydroxyl groups is 1. The lowest BCUT2D eigenvalue weighted by Crippen LogP contribution is -2.41. The van der Waals surface area contributed by atoms with Gasteiger partial charge in [-0.3, -0.25) is 0 Å². The molecule has 0 aromatic carbocycles. The summed E-state index contributed by atoms with van der Waals surface area (Å²) in [6.07, 6.45) is 6.39. The molecule has 0 spiro atoms. The van der Waals surface area contributed by atoms with E-state index in [1.54, 1.807) is 7.05 Å². The Morgan fingerprint density at radius 1 is 1.29 bits per heavy atom. The molecule has 2 amide bonds. The minimum atomic E-state index is -0.0725. The molecule has 0 aromatic rings. The first-order valence-electron chi connectivity index (χ1n) is 6.77. The molecule has 17 heavy (non-hydrogen) atoms. The Bertz CT molecular complexity index is 225. The van der Waals surface area contributed by atoms with Crippen molar-refractivity contribution < 1.29 is 9.90 Å². The Balaban J connectivity index is 2.16. The fraction of sp³-hybridized carbons (Fsp3) is 0.923. The summed E-state index contributed by atoms with van der Waals surface area (Å²) in [4.78, 5) is 13.1. The second kappa shape index (κ2) is 7.54. The van der Waals surface area contributed by atoms with Crippen LogP contribution in [0.4, 0.5) is 4.79 Å². The zero-order valence-corrected chi connectivity index (χ0v) is 11.1. The van der Waals surface area contributed by atoms with Crippen molar-refractivity contribution in [2.24, 2.45) is 11.8 Å². The van der Waals surface area contributed by atoms with E-state index in [0.717, 1.165) is 12.5 Å². The number of hydrogen-bond donors (Lipinski definition) is 2. The minimum absolute atomic E-state index is 0.0194. The number of amides is 2. The molecule has 2 N–H and O–H groups in total. The molecule has 1 fully saturated rings. The monoisotopic (exact) mass is 242 g/mol. The predicted molar refractivity (Wildman–Crippen MR) is 68.9 cm³/mol. The van der Waals surface area contributed by atoms with Crippen LogP contribution in [-0.2, 0) is 0 Å². The summed E-state index contributed by atoms with van der Waals surface area (Å²) in [6.45, 7) is 3.46.